The van der Waals surface area contributed by atoms with Gasteiger partial charge < -0.3 is 15.4 Å². The summed E-state index contributed by atoms with van der Waals surface area (Å²) in [4.78, 5) is 15.8. The monoisotopic (exact) mass is 314 g/mol. The van der Waals surface area contributed by atoms with Crippen LogP contribution in [0.1, 0.15) is 11.5 Å². The predicted molar refractivity (Wildman–Crippen MR) is 82.5 cm³/mol. The highest BCUT2D eigenvalue weighted by Gasteiger charge is 2.34. The molecule has 4 nitrogen and oxygen atoms in total. The van der Waals surface area contributed by atoms with Gasteiger partial charge in [0.2, 0.25) is 5.91 Å². The second kappa shape index (κ2) is 6.80. The molecule has 2 atom stereocenters. The summed E-state index contributed by atoms with van der Waals surface area (Å²) in [6.45, 7) is 2.37. The zero-order valence-corrected chi connectivity index (χ0v) is 12.8. The van der Waals surface area contributed by atoms with Gasteiger partial charge in [-0.15, -0.1) is 24.2 Å². The molecular formula is C14H19ClN2O2S. The minimum Gasteiger partial charge on any atom is -0.373 e. The number of benzene rings is 1. The molecule has 1 aromatic rings. The second-order valence-corrected chi connectivity index (χ2v) is 5.98. The van der Waals surface area contributed by atoms with Crippen LogP contribution in [0.4, 0.5) is 0 Å². The third kappa shape index (κ3) is 2.96. The van der Waals surface area contributed by atoms with Crippen molar-refractivity contribution in [2.45, 2.75) is 16.9 Å². The van der Waals surface area contributed by atoms with E-state index in [0.717, 1.165) is 5.75 Å². The van der Waals surface area contributed by atoms with Crippen LogP contribution in [0.3, 0.4) is 0 Å². The minimum atomic E-state index is -0.0120. The first-order chi connectivity index (χ1) is 9.29. The van der Waals surface area contributed by atoms with Gasteiger partial charge in [0.05, 0.1) is 18.6 Å². The molecular weight excluding hydrogens is 296 g/mol. The molecule has 0 saturated carbocycles. The summed E-state index contributed by atoms with van der Waals surface area (Å²) in [5, 5.41) is 0. The summed E-state index contributed by atoms with van der Waals surface area (Å²) in [6.07, 6.45) is -0.0120. The van der Waals surface area contributed by atoms with Gasteiger partial charge in [-0.1, -0.05) is 18.2 Å². The highest BCUT2D eigenvalue weighted by molar-refractivity contribution is 7.99. The van der Waals surface area contributed by atoms with Crippen LogP contribution in [0.25, 0.3) is 0 Å². The molecule has 20 heavy (non-hydrogen) atoms. The maximum Gasteiger partial charge on any atom is 0.231 e. The molecule has 0 radical (unpaired) electrons. The van der Waals surface area contributed by atoms with Gasteiger partial charge in [0.1, 0.15) is 0 Å². The molecule has 1 saturated heterocycles. The Labute approximate surface area is 129 Å². The number of amides is 1. The Morgan fingerprint density at radius 1 is 1.45 bits per heavy atom. The molecule has 2 unspecified atom stereocenters. The number of carbonyl (C=O) groups is 1. The van der Waals surface area contributed by atoms with Crippen LogP contribution in [0.2, 0.25) is 0 Å². The van der Waals surface area contributed by atoms with Crippen LogP contribution in [0.5, 0.6) is 0 Å². The molecule has 2 aliphatic heterocycles. The van der Waals surface area contributed by atoms with Crippen molar-refractivity contribution in [2.75, 3.05) is 32.0 Å². The van der Waals surface area contributed by atoms with E-state index in [0.29, 0.717) is 26.2 Å². The fraction of sp³-hybridized carbons (Fsp3) is 0.500. The average molecular weight is 315 g/mol. The van der Waals surface area contributed by atoms with E-state index in [4.69, 9.17) is 10.5 Å². The number of ether oxygens (including phenoxy) is 1. The molecule has 0 bridgehead atoms. The van der Waals surface area contributed by atoms with Gasteiger partial charge >= 0.3 is 0 Å². The smallest absolute Gasteiger partial charge is 0.231 e. The van der Waals surface area contributed by atoms with Gasteiger partial charge in [-0.05, 0) is 11.6 Å². The maximum absolute atomic E-state index is 12.6. The van der Waals surface area contributed by atoms with Gasteiger partial charge in [-0.25, -0.2) is 0 Å². The first kappa shape index (κ1) is 15.6. The van der Waals surface area contributed by atoms with E-state index in [1.165, 1.54) is 10.5 Å². The number of carbonyl (C=O) groups excluding carboxylic acids is 1. The molecule has 110 valence electrons. The van der Waals surface area contributed by atoms with E-state index in [1.54, 1.807) is 11.8 Å². The first-order valence-corrected chi connectivity index (χ1v) is 7.60. The van der Waals surface area contributed by atoms with Gasteiger partial charge in [-0.3, -0.25) is 4.79 Å². The number of nitrogens with zero attached hydrogens (tertiary/aromatic N) is 1. The zero-order chi connectivity index (χ0) is 13.2. The number of thioether (sulfide) groups is 1. The van der Waals surface area contributed by atoms with E-state index >= 15 is 0 Å². The lowest BCUT2D eigenvalue weighted by Gasteiger charge is -2.34. The molecule has 0 aromatic heterocycles. The standard InChI is InChI=1S/C14H18N2O2S.ClH/c15-7-10-8-16(5-6-18-10)14(17)12-9-19-13-4-2-1-3-11(12)13;/h1-4,10,12H,5-9,15H2;1H. The summed E-state index contributed by atoms with van der Waals surface area (Å²) < 4.78 is 5.52. The minimum absolute atomic E-state index is 0. The number of halogens is 1. The van der Waals surface area contributed by atoms with E-state index in [1.807, 2.05) is 17.0 Å². The Balaban J connectivity index is 0.00000147. The predicted octanol–water partition coefficient (Wildman–Crippen LogP) is 1.48. The SMILES string of the molecule is Cl.NCC1CN(C(=O)C2CSc3ccccc32)CCO1. The normalized spacial score (nSPS) is 24.9. The fourth-order valence-electron chi connectivity index (χ4n) is 2.65. The lowest BCUT2D eigenvalue weighted by molar-refractivity contribution is -0.139. The third-order valence-corrected chi connectivity index (χ3v) is 4.89. The Morgan fingerprint density at radius 2 is 2.25 bits per heavy atom. The summed E-state index contributed by atoms with van der Waals surface area (Å²) in [6, 6.07) is 8.19. The highest BCUT2D eigenvalue weighted by atomic mass is 35.5. The highest BCUT2D eigenvalue weighted by Crippen LogP contribution is 2.40. The van der Waals surface area contributed by atoms with Gasteiger partial charge in [0.15, 0.2) is 0 Å². The lowest BCUT2D eigenvalue weighted by Crippen LogP contribution is -2.49. The summed E-state index contributed by atoms with van der Waals surface area (Å²) in [7, 11) is 0. The molecule has 0 spiro atoms. The van der Waals surface area contributed by atoms with Gasteiger partial charge in [-0.2, -0.15) is 0 Å². The molecule has 3 rings (SSSR count). The van der Waals surface area contributed by atoms with E-state index in [2.05, 4.69) is 12.1 Å². The fourth-order valence-corrected chi connectivity index (χ4v) is 3.87. The summed E-state index contributed by atoms with van der Waals surface area (Å²) in [5.74, 6) is 1.07. The van der Waals surface area contributed by atoms with E-state index in [9.17, 15) is 4.79 Å². The van der Waals surface area contributed by atoms with Crippen molar-refractivity contribution >= 4 is 30.1 Å². The quantitative estimate of drug-likeness (QED) is 0.898. The van der Waals surface area contributed by atoms with Crippen molar-refractivity contribution in [1.82, 2.24) is 4.90 Å². The number of rotatable bonds is 2. The van der Waals surface area contributed by atoms with Crippen molar-refractivity contribution in [3.05, 3.63) is 29.8 Å². The number of fused-ring (bicyclic) bond motifs is 1. The van der Waals surface area contributed by atoms with Crippen LogP contribution < -0.4 is 5.73 Å². The Morgan fingerprint density at radius 3 is 3.05 bits per heavy atom. The third-order valence-electron chi connectivity index (χ3n) is 3.71. The molecule has 2 heterocycles. The van der Waals surface area contributed by atoms with Crippen molar-refractivity contribution in [1.29, 1.82) is 0 Å². The van der Waals surface area contributed by atoms with Gasteiger partial charge in [0, 0.05) is 30.3 Å². The number of morpholine rings is 1. The van der Waals surface area contributed by atoms with Crippen molar-refractivity contribution < 1.29 is 9.53 Å². The van der Waals surface area contributed by atoms with Crippen LogP contribution in [-0.4, -0.2) is 48.9 Å². The van der Waals surface area contributed by atoms with Crippen LogP contribution in [0.15, 0.2) is 29.2 Å². The van der Waals surface area contributed by atoms with Crippen molar-refractivity contribution in [2.24, 2.45) is 5.73 Å². The number of hydrogen-bond acceptors (Lipinski definition) is 4. The van der Waals surface area contributed by atoms with Gasteiger partial charge in [0.25, 0.3) is 0 Å². The molecule has 1 fully saturated rings. The number of hydrogen-bond donors (Lipinski definition) is 1. The average Bonchev–Trinajstić information content (AvgIpc) is 2.90. The number of nitrogens with two attached hydrogens (primary N) is 1. The zero-order valence-electron chi connectivity index (χ0n) is 11.2. The molecule has 1 aromatic carbocycles. The largest absolute Gasteiger partial charge is 0.373 e. The van der Waals surface area contributed by atoms with E-state index in [-0.39, 0.29) is 30.3 Å². The molecule has 0 aliphatic carbocycles. The lowest BCUT2D eigenvalue weighted by atomic mass is 9.99. The second-order valence-electron chi connectivity index (χ2n) is 4.91. The summed E-state index contributed by atoms with van der Waals surface area (Å²) in [5.41, 5.74) is 6.80. The summed E-state index contributed by atoms with van der Waals surface area (Å²) >= 11 is 1.77. The van der Waals surface area contributed by atoms with E-state index < -0.39 is 0 Å². The molecule has 2 N–H and O–H groups in total. The Hall–Kier alpha value is -0.750. The van der Waals surface area contributed by atoms with Crippen LogP contribution >= 0.6 is 24.2 Å². The first-order valence-electron chi connectivity index (χ1n) is 6.62. The van der Waals surface area contributed by atoms with Crippen LogP contribution in [-0.2, 0) is 9.53 Å². The Bertz CT molecular complexity index is 486. The Kier molecular flexibility index (Phi) is 5.32. The molecule has 2 aliphatic rings. The van der Waals surface area contributed by atoms with Crippen molar-refractivity contribution in [3.63, 3.8) is 0 Å². The molecule has 6 heteroatoms. The maximum atomic E-state index is 12.6. The van der Waals surface area contributed by atoms with Crippen LogP contribution in [0, 0.1) is 0 Å². The molecule has 1 amide bonds. The van der Waals surface area contributed by atoms with Crippen molar-refractivity contribution in [3.8, 4) is 0 Å². The topological polar surface area (TPSA) is 55.6 Å².